The summed E-state index contributed by atoms with van der Waals surface area (Å²) in [6.45, 7) is 0.713. The van der Waals surface area contributed by atoms with Crippen LogP contribution in [0, 0.1) is 5.92 Å². The summed E-state index contributed by atoms with van der Waals surface area (Å²) in [6.07, 6.45) is 2.86. The van der Waals surface area contributed by atoms with E-state index in [9.17, 15) is 4.79 Å². The molecule has 0 aliphatic heterocycles. The van der Waals surface area contributed by atoms with Crippen molar-refractivity contribution in [3.05, 3.63) is 35.9 Å². The molecule has 17 heavy (non-hydrogen) atoms. The minimum atomic E-state index is -0.138. The normalized spacial score (nSPS) is 22.9. The molecule has 3 nitrogen and oxygen atoms in total. The van der Waals surface area contributed by atoms with E-state index in [2.05, 4.69) is 5.32 Å². The number of hydrogen-bond acceptors (Lipinski definition) is 2. The molecule has 0 aromatic heterocycles. The van der Waals surface area contributed by atoms with Crippen molar-refractivity contribution >= 4 is 5.91 Å². The Hall–Kier alpha value is -1.35. The van der Waals surface area contributed by atoms with E-state index in [1.54, 1.807) is 0 Å². The first-order valence-corrected chi connectivity index (χ1v) is 6.22. The molecule has 1 amide bonds. The highest BCUT2D eigenvalue weighted by molar-refractivity contribution is 5.76. The zero-order valence-corrected chi connectivity index (χ0v) is 9.93. The minimum absolute atomic E-state index is 0.107. The summed E-state index contributed by atoms with van der Waals surface area (Å²) in [5.74, 6) is 0.584. The lowest BCUT2D eigenvalue weighted by Crippen LogP contribution is -2.38. The Morgan fingerprint density at radius 2 is 2.00 bits per heavy atom. The van der Waals surface area contributed by atoms with Gasteiger partial charge in [-0.25, -0.2) is 0 Å². The van der Waals surface area contributed by atoms with Gasteiger partial charge < -0.3 is 10.4 Å². The van der Waals surface area contributed by atoms with Crippen LogP contribution in [0.1, 0.15) is 24.8 Å². The molecular weight excluding hydrogens is 214 g/mol. The van der Waals surface area contributed by atoms with E-state index >= 15 is 0 Å². The highest BCUT2D eigenvalue weighted by Gasteiger charge is 2.26. The largest absolute Gasteiger partial charge is 0.393 e. The van der Waals surface area contributed by atoms with Crippen molar-refractivity contribution in [3.8, 4) is 0 Å². The van der Waals surface area contributed by atoms with Crippen molar-refractivity contribution in [3.63, 3.8) is 0 Å². The zero-order valence-electron chi connectivity index (χ0n) is 9.93. The van der Waals surface area contributed by atoms with Crippen molar-refractivity contribution in [1.29, 1.82) is 0 Å². The number of carbonyl (C=O) groups excluding carboxylic acids is 1. The maximum Gasteiger partial charge on any atom is 0.220 e. The summed E-state index contributed by atoms with van der Waals surface area (Å²) in [5.41, 5.74) is 1.20. The van der Waals surface area contributed by atoms with E-state index in [0.717, 1.165) is 19.3 Å². The van der Waals surface area contributed by atoms with Gasteiger partial charge in [0.05, 0.1) is 6.10 Å². The van der Waals surface area contributed by atoms with Crippen LogP contribution in [0.25, 0.3) is 0 Å². The third-order valence-corrected chi connectivity index (χ3v) is 3.28. The van der Waals surface area contributed by atoms with E-state index < -0.39 is 0 Å². The van der Waals surface area contributed by atoms with Crippen molar-refractivity contribution in [2.45, 2.75) is 31.8 Å². The van der Waals surface area contributed by atoms with Gasteiger partial charge in [0.1, 0.15) is 0 Å². The Morgan fingerprint density at radius 1 is 1.29 bits per heavy atom. The highest BCUT2D eigenvalue weighted by atomic mass is 16.3. The van der Waals surface area contributed by atoms with E-state index in [0.29, 0.717) is 18.9 Å². The Bertz CT molecular complexity index is 358. The van der Waals surface area contributed by atoms with Gasteiger partial charge in [-0.3, -0.25) is 4.79 Å². The average molecular weight is 233 g/mol. The lowest BCUT2D eigenvalue weighted by molar-refractivity contribution is -0.121. The van der Waals surface area contributed by atoms with Crippen molar-refractivity contribution in [2.75, 3.05) is 6.54 Å². The van der Waals surface area contributed by atoms with E-state index in [1.807, 2.05) is 30.3 Å². The molecule has 0 atom stereocenters. The SMILES string of the molecule is O=C(CCc1ccccc1)NCC1CC(O)C1. The van der Waals surface area contributed by atoms with Crippen LogP contribution in [0.4, 0.5) is 0 Å². The number of nitrogens with one attached hydrogen (secondary N) is 1. The third-order valence-electron chi connectivity index (χ3n) is 3.28. The molecule has 1 aromatic rings. The lowest BCUT2D eigenvalue weighted by Gasteiger charge is -2.31. The smallest absolute Gasteiger partial charge is 0.220 e. The highest BCUT2D eigenvalue weighted by Crippen LogP contribution is 2.26. The number of aryl methyl sites for hydroxylation is 1. The molecule has 1 fully saturated rings. The van der Waals surface area contributed by atoms with Crippen LogP contribution in [0.2, 0.25) is 0 Å². The molecule has 3 heteroatoms. The zero-order chi connectivity index (χ0) is 12.1. The van der Waals surface area contributed by atoms with E-state index in [1.165, 1.54) is 5.56 Å². The minimum Gasteiger partial charge on any atom is -0.393 e. The van der Waals surface area contributed by atoms with Gasteiger partial charge in [0.15, 0.2) is 0 Å². The maximum atomic E-state index is 11.6. The van der Waals surface area contributed by atoms with Crippen LogP contribution in [0.3, 0.4) is 0 Å². The summed E-state index contributed by atoms with van der Waals surface area (Å²) in [7, 11) is 0. The molecule has 0 spiro atoms. The molecule has 0 saturated heterocycles. The molecule has 1 aliphatic carbocycles. The fraction of sp³-hybridized carbons (Fsp3) is 0.500. The van der Waals surface area contributed by atoms with Gasteiger partial charge >= 0.3 is 0 Å². The first-order chi connectivity index (χ1) is 8.24. The Morgan fingerprint density at radius 3 is 2.65 bits per heavy atom. The second kappa shape index (κ2) is 5.82. The summed E-state index contributed by atoms with van der Waals surface area (Å²) in [6, 6.07) is 10.0. The van der Waals surface area contributed by atoms with Crippen molar-refractivity contribution in [1.82, 2.24) is 5.32 Å². The molecule has 1 aliphatic rings. The third kappa shape index (κ3) is 3.86. The summed E-state index contributed by atoms with van der Waals surface area (Å²) in [5, 5.41) is 12.0. The molecule has 0 heterocycles. The van der Waals surface area contributed by atoms with Crippen LogP contribution >= 0.6 is 0 Å². The molecule has 1 aromatic carbocycles. The lowest BCUT2D eigenvalue weighted by atomic mass is 9.82. The quantitative estimate of drug-likeness (QED) is 0.810. The van der Waals surface area contributed by atoms with Crippen LogP contribution in [-0.4, -0.2) is 23.7 Å². The Kier molecular flexibility index (Phi) is 4.15. The van der Waals surface area contributed by atoms with Gasteiger partial charge in [0.25, 0.3) is 0 Å². The molecule has 0 radical (unpaired) electrons. The van der Waals surface area contributed by atoms with Gasteiger partial charge in [-0.15, -0.1) is 0 Å². The first-order valence-electron chi connectivity index (χ1n) is 6.22. The molecular formula is C14H19NO2. The maximum absolute atomic E-state index is 11.6. The van der Waals surface area contributed by atoms with Gasteiger partial charge in [-0.2, -0.15) is 0 Å². The Balaban J connectivity index is 1.61. The summed E-state index contributed by atoms with van der Waals surface area (Å²) >= 11 is 0. The van der Waals surface area contributed by atoms with Gasteiger partial charge in [0.2, 0.25) is 5.91 Å². The fourth-order valence-electron chi connectivity index (χ4n) is 2.12. The Labute approximate surface area is 102 Å². The number of rotatable bonds is 5. The summed E-state index contributed by atoms with van der Waals surface area (Å²) in [4.78, 5) is 11.6. The van der Waals surface area contributed by atoms with Crippen LogP contribution in [-0.2, 0) is 11.2 Å². The van der Waals surface area contributed by atoms with Gasteiger partial charge in [-0.1, -0.05) is 30.3 Å². The number of benzene rings is 1. The molecule has 0 unspecified atom stereocenters. The number of amides is 1. The van der Waals surface area contributed by atoms with Gasteiger partial charge in [0, 0.05) is 13.0 Å². The predicted molar refractivity (Wildman–Crippen MR) is 66.5 cm³/mol. The van der Waals surface area contributed by atoms with Gasteiger partial charge in [-0.05, 0) is 30.7 Å². The predicted octanol–water partition coefficient (Wildman–Crippen LogP) is 1.51. The number of aliphatic hydroxyl groups excluding tert-OH is 1. The molecule has 0 bridgehead atoms. The molecule has 2 N–H and O–H groups in total. The van der Waals surface area contributed by atoms with Crippen LogP contribution in [0.5, 0.6) is 0 Å². The van der Waals surface area contributed by atoms with E-state index in [-0.39, 0.29) is 12.0 Å². The number of carbonyl (C=O) groups is 1. The van der Waals surface area contributed by atoms with Crippen LogP contribution in [0.15, 0.2) is 30.3 Å². The molecule has 92 valence electrons. The molecule has 1 saturated carbocycles. The second-order valence-electron chi connectivity index (χ2n) is 4.78. The van der Waals surface area contributed by atoms with Crippen molar-refractivity contribution < 1.29 is 9.90 Å². The first kappa shape index (κ1) is 12.1. The monoisotopic (exact) mass is 233 g/mol. The molecule has 2 rings (SSSR count). The number of aliphatic hydroxyl groups is 1. The fourth-order valence-corrected chi connectivity index (χ4v) is 2.12. The second-order valence-corrected chi connectivity index (χ2v) is 4.78. The topological polar surface area (TPSA) is 49.3 Å². The summed E-state index contributed by atoms with van der Waals surface area (Å²) < 4.78 is 0. The standard InChI is InChI=1S/C14H19NO2/c16-13-8-12(9-13)10-15-14(17)7-6-11-4-2-1-3-5-11/h1-5,12-13,16H,6-10H2,(H,15,17). The van der Waals surface area contributed by atoms with Crippen LogP contribution < -0.4 is 5.32 Å². The average Bonchev–Trinajstić information content (AvgIpc) is 2.32. The van der Waals surface area contributed by atoms with Crippen molar-refractivity contribution in [2.24, 2.45) is 5.92 Å². The number of hydrogen-bond donors (Lipinski definition) is 2. The van der Waals surface area contributed by atoms with E-state index in [4.69, 9.17) is 5.11 Å².